The van der Waals surface area contributed by atoms with Crippen LogP contribution in [0.5, 0.6) is 0 Å². The van der Waals surface area contributed by atoms with Gasteiger partial charge in [-0.15, -0.1) is 10.2 Å². The Morgan fingerprint density at radius 2 is 1.88 bits per heavy atom. The molecule has 0 amide bonds. The molecule has 4 aromatic rings. The summed E-state index contributed by atoms with van der Waals surface area (Å²) in [5, 5.41) is 8.66. The van der Waals surface area contributed by atoms with Crippen LogP contribution in [-0.2, 0) is 5.75 Å². The third-order valence-corrected chi connectivity index (χ3v) is 4.36. The highest BCUT2D eigenvalue weighted by Gasteiger charge is 2.14. The molecular formula is C16H12FN5OS. The van der Waals surface area contributed by atoms with Gasteiger partial charge in [-0.1, -0.05) is 23.9 Å². The lowest BCUT2D eigenvalue weighted by Crippen LogP contribution is -2.11. The Labute approximate surface area is 140 Å². The van der Waals surface area contributed by atoms with Crippen molar-refractivity contribution >= 4 is 22.9 Å². The Kier molecular flexibility index (Phi) is 3.66. The Bertz CT molecular complexity index is 962. The van der Waals surface area contributed by atoms with Crippen molar-refractivity contribution in [2.24, 2.45) is 0 Å². The van der Waals surface area contributed by atoms with Gasteiger partial charge in [-0.2, -0.15) is 0 Å². The molecule has 2 N–H and O–H groups in total. The van der Waals surface area contributed by atoms with E-state index in [0.29, 0.717) is 28.2 Å². The molecule has 2 heterocycles. The first-order valence-electron chi connectivity index (χ1n) is 7.14. The van der Waals surface area contributed by atoms with E-state index in [1.165, 1.54) is 28.6 Å². The summed E-state index contributed by atoms with van der Waals surface area (Å²) in [6, 6.07) is 13.5. The molecular weight excluding hydrogens is 329 g/mol. The van der Waals surface area contributed by atoms with Gasteiger partial charge < -0.3 is 10.3 Å². The highest BCUT2D eigenvalue weighted by Crippen LogP contribution is 2.25. The monoisotopic (exact) mass is 341 g/mol. The van der Waals surface area contributed by atoms with E-state index in [0.717, 1.165) is 11.1 Å². The van der Waals surface area contributed by atoms with E-state index in [2.05, 4.69) is 15.2 Å². The number of hydrogen-bond acceptors (Lipinski definition) is 6. The summed E-state index contributed by atoms with van der Waals surface area (Å²) in [5.41, 5.74) is 2.25. The third kappa shape index (κ3) is 2.71. The van der Waals surface area contributed by atoms with E-state index in [1.54, 1.807) is 12.1 Å². The van der Waals surface area contributed by atoms with Crippen molar-refractivity contribution in [3.05, 3.63) is 60.2 Å². The molecule has 0 unspecified atom stereocenters. The van der Waals surface area contributed by atoms with Gasteiger partial charge in [-0.3, -0.25) is 0 Å². The molecule has 2 aromatic heterocycles. The zero-order valence-corrected chi connectivity index (χ0v) is 13.2. The van der Waals surface area contributed by atoms with Gasteiger partial charge in [0.15, 0.2) is 11.4 Å². The smallest absolute Gasteiger partial charge is 0.210 e. The molecule has 0 radical (unpaired) electrons. The first kappa shape index (κ1) is 14.7. The summed E-state index contributed by atoms with van der Waals surface area (Å²) in [4.78, 5) is 4.40. The van der Waals surface area contributed by atoms with Crippen molar-refractivity contribution in [1.82, 2.24) is 19.9 Å². The Balaban J connectivity index is 1.54. The SMILES string of the molecule is Nn1c(SCc2nc3ccccc3o2)nnc1-c1ccc(F)cc1. The van der Waals surface area contributed by atoms with Crippen LogP contribution in [0.25, 0.3) is 22.5 Å². The minimum absolute atomic E-state index is 0.313. The summed E-state index contributed by atoms with van der Waals surface area (Å²) in [7, 11) is 0. The van der Waals surface area contributed by atoms with Gasteiger partial charge in [-0.25, -0.2) is 14.1 Å². The van der Waals surface area contributed by atoms with Gasteiger partial charge in [0.2, 0.25) is 11.0 Å². The number of nitrogens with two attached hydrogens (primary N) is 1. The number of thioether (sulfide) groups is 1. The maximum atomic E-state index is 13.0. The number of aromatic nitrogens is 4. The molecule has 24 heavy (non-hydrogen) atoms. The van der Waals surface area contributed by atoms with Crippen molar-refractivity contribution in [1.29, 1.82) is 0 Å². The fraction of sp³-hybridized carbons (Fsp3) is 0.0625. The molecule has 0 fully saturated rings. The van der Waals surface area contributed by atoms with E-state index in [9.17, 15) is 4.39 Å². The van der Waals surface area contributed by atoms with Crippen LogP contribution in [0.4, 0.5) is 4.39 Å². The van der Waals surface area contributed by atoms with Crippen molar-refractivity contribution in [3.8, 4) is 11.4 Å². The van der Waals surface area contributed by atoms with Gasteiger partial charge in [0.1, 0.15) is 11.3 Å². The predicted molar refractivity (Wildman–Crippen MR) is 89.1 cm³/mol. The molecule has 0 saturated carbocycles. The zero-order valence-electron chi connectivity index (χ0n) is 12.4. The van der Waals surface area contributed by atoms with E-state index in [-0.39, 0.29) is 5.82 Å². The van der Waals surface area contributed by atoms with Crippen molar-refractivity contribution in [2.75, 3.05) is 5.84 Å². The first-order valence-corrected chi connectivity index (χ1v) is 8.13. The normalized spacial score (nSPS) is 11.2. The number of halogens is 1. The summed E-state index contributed by atoms with van der Waals surface area (Å²) < 4.78 is 20.0. The molecule has 0 aliphatic rings. The van der Waals surface area contributed by atoms with Crippen LogP contribution < -0.4 is 5.84 Å². The number of rotatable bonds is 4. The van der Waals surface area contributed by atoms with Crippen molar-refractivity contribution in [3.63, 3.8) is 0 Å². The molecule has 0 spiro atoms. The number of benzene rings is 2. The van der Waals surface area contributed by atoms with Crippen LogP contribution in [0.3, 0.4) is 0 Å². The molecule has 4 rings (SSSR count). The van der Waals surface area contributed by atoms with Crippen LogP contribution in [0.1, 0.15) is 5.89 Å². The molecule has 0 bridgehead atoms. The number of para-hydroxylation sites is 2. The Morgan fingerprint density at radius 1 is 1.08 bits per heavy atom. The lowest BCUT2D eigenvalue weighted by atomic mass is 10.2. The zero-order chi connectivity index (χ0) is 16.5. The van der Waals surface area contributed by atoms with Gasteiger partial charge in [0.05, 0.1) is 5.75 Å². The lowest BCUT2D eigenvalue weighted by Gasteiger charge is -2.02. The van der Waals surface area contributed by atoms with E-state index >= 15 is 0 Å². The summed E-state index contributed by atoms with van der Waals surface area (Å²) in [5.74, 6) is 7.26. The van der Waals surface area contributed by atoms with Crippen molar-refractivity contribution in [2.45, 2.75) is 10.9 Å². The highest BCUT2D eigenvalue weighted by atomic mass is 32.2. The van der Waals surface area contributed by atoms with E-state index in [4.69, 9.17) is 10.3 Å². The molecule has 6 nitrogen and oxygen atoms in total. The fourth-order valence-electron chi connectivity index (χ4n) is 2.28. The number of nitrogens with zero attached hydrogens (tertiary/aromatic N) is 4. The maximum Gasteiger partial charge on any atom is 0.210 e. The quantitative estimate of drug-likeness (QED) is 0.453. The predicted octanol–water partition coefficient (Wildman–Crippen LogP) is 3.23. The maximum absolute atomic E-state index is 13.0. The second kappa shape index (κ2) is 5.97. The summed E-state index contributed by atoms with van der Waals surface area (Å²) >= 11 is 1.37. The van der Waals surface area contributed by atoms with Crippen LogP contribution in [0, 0.1) is 5.82 Å². The standard InChI is InChI=1S/C16H12FN5OS/c17-11-7-5-10(6-8-11)15-20-21-16(22(15)18)24-9-14-19-12-3-1-2-4-13(12)23-14/h1-8H,9,18H2. The average molecular weight is 341 g/mol. The van der Waals surface area contributed by atoms with Crippen LogP contribution in [-0.4, -0.2) is 19.9 Å². The summed E-state index contributed by atoms with van der Waals surface area (Å²) in [6.45, 7) is 0. The Hall–Kier alpha value is -2.87. The van der Waals surface area contributed by atoms with E-state index in [1.807, 2.05) is 24.3 Å². The first-order chi connectivity index (χ1) is 11.7. The fourth-order valence-corrected chi connectivity index (χ4v) is 2.98. The van der Waals surface area contributed by atoms with Gasteiger partial charge in [0.25, 0.3) is 0 Å². The molecule has 8 heteroatoms. The molecule has 0 atom stereocenters. The lowest BCUT2D eigenvalue weighted by molar-refractivity contribution is 0.556. The molecule has 0 aliphatic heterocycles. The summed E-state index contributed by atoms with van der Waals surface area (Å²) in [6.07, 6.45) is 0. The molecule has 120 valence electrons. The van der Waals surface area contributed by atoms with Crippen LogP contribution >= 0.6 is 11.8 Å². The third-order valence-electron chi connectivity index (χ3n) is 3.43. The number of fused-ring (bicyclic) bond motifs is 1. The molecule has 2 aromatic carbocycles. The van der Waals surface area contributed by atoms with E-state index < -0.39 is 0 Å². The van der Waals surface area contributed by atoms with Gasteiger partial charge >= 0.3 is 0 Å². The molecule has 0 aliphatic carbocycles. The highest BCUT2D eigenvalue weighted by molar-refractivity contribution is 7.98. The number of hydrogen-bond donors (Lipinski definition) is 1. The van der Waals surface area contributed by atoms with Gasteiger partial charge in [-0.05, 0) is 36.4 Å². The number of nitrogen functional groups attached to an aromatic ring is 1. The second-order valence-corrected chi connectivity index (χ2v) is 5.99. The minimum atomic E-state index is -0.313. The molecule has 0 saturated heterocycles. The van der Waals surface area contributed by atoms with Crippen LogP contribution in [0.15, 0.2) is 58.1 Å². The Morgan fingerprint density at radius 3 is 2.67 bits per heavy atom. The largest absolute Gasteiger partial charge is 0.440 e. The van der Waals surface area contributed by atoms with Crippen molar-refractivity contribution < 1.29 is 8.81 Å². The second-order valence-electron chi connectivity index (χ2n) is 5.05. The number of oxazole rings is 1. The topological polar surface area (TPSA) is 82.8 Å². The average Bonchev–Trinajstić information content (AvgIpc) is 3.17. The minimum Gasteiger partial charge on any atom is -0.440 e. The van der Waals surface area contributed by atoms with Crippen LogP contribution in [0.2, 0.25) is 0 Å². The van der Waals surface area contributed by atoms with Gasteiger partial charge in [0, 0.05) is 5.56 Å².